The molecule has 7 rings (SSSR count). The second kappa shape index (κ2) is 10.4. The number of aryl methyl sites for hydroxylation is 1. The highest BCUT2D eigenvalue weighted by Crippen LogP contribution is 2.59. The van der Waals surface area contributed by atoms with Gasteiger partial charge in [-0.25, -0.2) is 0 Å². The first kappa shape index (κ1) is 28.0. The molecule has 220 valence electrons. The highest BCUT2D eigenvalue weighted by Gasteiger charge is 2.70. The second-order valence-corrected chi connectivity index (χ2v) is 12.9. The Kier molecular flexibility index (Phi) is 6.65. The van der Waals surface area contributed by atoms with Crippen molar-refractivity contribution in [2.75, 3.05) is 10.2 Å². The van der Waals surface area contributed by atoms with Crippen molar-refractivity contribution in [2.24, 2.45) is 11.8 Å². The lowest BCUT2D eigenvalue weighted by molar-refractivity contribution is -0.121. The third-order valence-electron chi connectivity index (χ3n) is 9.62. The zero-order chi connectivity index (χ0) is 30.7. The predicted octanol–water partition coefficient (Wildman–Crippen LogP) is 7.44. The quantitative estimate of drug-likeness (QED) is 0.241. The van der Waals surface area contributed by atoms with Crippen molar-refractivity contribution in [3.63, 3.8) is 0 Å². The van der Waals surface area contributed by atoms with Gasteiger partial charge in [0, 0.05) is 28.1 Å². The van der Waals surface area contributed by atoms with E-state index in [1.54, 1.807) is 12.1 Å². The normalized spacial score (nSPS) is 23.2. The van der Waals surface area contributed by atoms with Gasteiger partial charge in [-0.1, -0.05) is 104 Å². The lowest BCUT2D eigenvalue weighted by Gasteiger charge is -2.39. The Morgan fingerprint density at radius 2 is 1.52 bits per heavy atom. The number of para-hydroxylation sites is 1. The minimum Gasteiger partial charge on any atom is -0.352 e. The van der Waals surface area contributed by atoms with Crippen molar-refractivity contribution in [1.82, 2.24) is 0 Å². The van der Waals surface area contributed by atoms with E-state index in [9.17, 15) is 9.59 Å². The second-order valence-electron chi connectivity index (χ2n) is 12.9. The van der Waals surface area contributed by atoms with Crippen LogP contribution in [0.4, 0.5) is 11.4 Å². The van der Waals surface area contributed by atoms with Crippen LogP contribution in [0, 0.1) is 18.8 Å². The van der Waals surface area contributed by atoms with Crippen LogP contribution in [0.5, 0.6) is 0 Å². The van der Waals surface area contributed by atoms with E-state index in [1.807, 2.05) is 85.8 Å². The van der Waals surface area contributed by atoms with Crippen LogP contribution in [0.2, 0.25) is 0 Å². The van der Waals surface area contributed by atoms with E-state index in [0.717, 1.165) is 39.9 Å². The molecule has 4 aromatic rings. The average molecular weight is 581 g/mol. The number of ketones is 2. The summed E-state index contributed by atoms with van der Waals surface area (Å²) in [6.45, 7) is 8.44. The molecule has 0 radical (unpaired) electrons. The molecule has 44 heavy (non-hydrogen) atoms. The van der Waals surface area contributed by atoms with E-state index in [4.69, 9.17) is 0 Å². The van der Waals surface area contributed by atoms with E-state index < -0.39 is 23.4 Å². The lowest BCUT2D eigenvalue weighted by atomic mass is 9.64. The molecule has 0 aromatic heterocycles. The van der Waals surface area contributed by atoms with Gasteiger partial charge in [0.25, 0.3) is 0 Å². The minimum atomic E-state index is -1.32. The van der Waals surface area contributed by atoms with Crippen LogP contribution in [0.15, 0.2) is 103 Å². The SMILES string of the molecule is CC1=C[C@@H]2N(c3ccc(C)cc31)[C@H](C(=O)c1ccccc1)[C@@H](C(=O)c1ccc(CC(C)C)cc1)[C@]21C(=O)Nc2ccccc21. The first-order valence-electron chi connectivity index (χ1n) is 15.4. The first-order chi connectivity index (χ1) is 21.2. The minimum absolute atomic E-state index is 0.168. The summed E-state index contributed by atoms with van der Waals surface area (Å²) in [5, 5.41) is 3.12. The van der Waals surface area contributed by atoms with Gasteiger partial charge in [0.05, 0.1) is 12.0 Å². The van der Waals surface area contributed by atoms with Crippen LogP contribution in [-0.2, 0) is 16.6 Å². The molecule has 0 unspecified atom stereocenters. The van der Waals surface area contributed by atoms with Crippen LogP contribution >= 0.6 is 0 Å². The predicted molar refractivity (Wildman–Crippen MR) is 175 cm³/mol. The Morgan fingerprint density at radius 1 is 0.841 bits per heavy atom. The summed E-state index contributed by atoms with van der Waals surface area (Å²) in [5.41, 5.74) is 6.33. The number of anilines is 2. The topological polar surface area (TPSA) is 66.5 Å². The van der Waals surface area contributed by atoms with E-state index in [-0.39, 0.29) is 17.5 Å². The van der Waals surface area contributed by atoms with Gasteiger partial charge >= 0.3 is 0 Å². The van der Waals surface area contributed by atoms with Crippen LogP contribution in [0.25, 0.3) is 5.57 Å². The highest BCUT2D eigenvalue weighted by atomic mass is 16.2. The number of allylic oxidation sites excluding steroid dienone is 1. The summed E-state index contributed by atoms with van der Waals surface area (Å²) in [7, 11) is 0. The molecule has 3 aliphatic rings. The average Bonchev–Trinajstić information content (AvgIpc) is 3.49. The number of carbonyl (C=O) groups excluding carboxylic acids is 3. The Hall–Kier alpha value is -4.77. The molecule has 1 N–H and O–H groups in total. The van der Waals surface area contributed by atoms with E-state index in [0.29, 0.717) is 22.7 Å². The molecule has 3 heterocycles. The maximum absolute atomic E-state index is 15.1. The van der Waals surface area contributed by atoms with Crippen LogP contribution < -0.4 is 10.2 Å². The zero-order valence-corrected chi connectivity index (χ0v) is 25.5. The molecular formula is C39H36N2O3. The standard InChI is InChI=1S/C39H36N2O3/c1-23(2)20-26-15-17-28(18-16-26)36(42)34-35(37(43)27-10-6-5-7-11-27)41-32-19-14-24(3)21-29(32)25(4)22-33(41)39(34)30-12-8-9-13-31(30)40-38(39)44/h5-19,21-23,33-35H,20H2,1-4H3,(H,40,44)/t33-,34-,35-,39+/m0/s1. The maximum atomic E-state index is 15.1. The summed E-state index contributed by atoms with van der Waals surface area (Å²) in [5.74, 6) is -1.10. The number of Topliss-reactive ketones (excluding diaryl/α,β-unsaturated/α-hetero) is 2. The number of benzene rings is 4. The molecular weight excluding hydrogens is 544 g/mol. The number of nitrogens with zero attached hydrogens (tertiary/aromatic N) is 1. The summed E-state index contributed by atoms with van der Waals surface area (Å²) < 4.78 is 0. The van der Waals surface area contributed by atoms with Gasteiger partial charge in [-0.15, -0.1) is 0 Å². The molecule has 1 amide bonds. The van der Waals surface area contributed by atoms with Gasteiger partial charge in [-0.2, -0.15) is 0 Å². The Morgan fingerprint density at radius 3 is 2.25 bits per heavy atom. The molecule has 5 heteroatoms. The lowest BCUT2D eigenvalue weighted by Crippen LogP contribution is -2.51. The van der Waals surface area contributed by atoms with Crippen molar-refractivity contribution in [2.45, 2.75) is 51.6 Å². The molecule has 4 atom stereocenters. The fourth-order valence-electron chi connectivity index (χ4n) is 7.78. The van der Waals surface area contributed by atoms with Crippen molar-refractivity contribution < 1.29 is 14.4 Å². The Bertz CT molecular complexity index is 1840. The molecule has 5 nitrogen and oxygen atoms in total. The molecule has 4 aromatic carbocycles. The number of hydrogen-bond donors (Lipinski definition) is 1. The number of fused-ring (bicyclic) bond motifs is 6. The fraction of sp³-hybridized carbons (Fsp3) is 0.256. The van der Waals surface area contributed by atoms with Crippen LogP contribution in [-0.4, -0.2) is 29.6 Å². The van der Waals surface area contributed by atoms with Crippen molar-refractivity contribution >= 4 is 34.4 Å². The van der Waals surface area contributed by atoms with Crippen LogP contribution in [0.1, 0.15) is 63.7 Å². The molecule has 1 spiro atoms. The van der Waals surface area contributed by atoms with Crippen LogP contribution in [0.3, 0.4) is 0 Å². The van der Waals surface area contributed by atoms with Gasteiger partial charge in [-0.05, 0) is 61.1 Å². The Labute approximate surface area is 258 Å². The maximum Gasteiger partial charge on any atom is 0.238 e. The monoisotopic (exact) mass is 580 g/mol. The van der Waals surface area contributed by atoms with Crippen molar-refractivity contribution in [1.29, 1.82) is 0 Å². The smallest absolute Gasteiger partial charge is 0.238 e. The molecule has 0 aliphatic carbocycles. The van der Waals surface area contributed by atoms with Gasteiger partial charge in [0.15, 0.2) is 11.6 Å². The van der Waals surface area contributed by atoms with Crippen molar-refractivity contribution in [3.05, 3.63) is 137 Å². The number of carbonyl (C=O) groups is 3. The van der Waals surface area contributed by atoms with Gasteiger partial charge < -0.3 is 10.2 Å². The summed E-state index contributed by atoms with van der Waals surface area (Å²) in [6, 6.07) is 29.3. The number of rotatable bonds is 6. The summed E-state index contributed by atoms with van der Waals surface area (Å²) in [4.78, 5) is 46.5. The van der Waals surface area contributed by atoms with Crippen molar-refractivity contribution in [3.8, 4) is 0 Å². The van der Waals surface area contributed by atoms with E-state index in [2.05, 4.69) is 43.1 Å². The summed E-state index contributed by atoms with van der Waals surface area (Å²) >= 11 is 0. The molecule has 0 saturated carbocycles. The van der Waals surface area contributed by atoms with Gasteiger partial charge in [0.1, 0.15) is 11.5 Å². The largest absolute Gasteiger partial charge is 0.352 e. The Balaban J connectivity index is 1.51. The third kappa shape index (κ3) is 4.10. The molecule has 1 saturated heterocycles. The number of nitrogens with one attached hydrogen (secondary N) is 1. The van der Waals surface area contributed by atoms with Gasteiger partial charge in [-0.3, -0.25) is 14.4 Å². The first-order valence-corrected chi connectivity index (χ1v) is 15.4. The zero-order valence-electron chi connectivity index (χ0n) is 25.5. The number of hydrogen-bond acceptors (Lipinski definition) is 4. The molecule has 3 aliphatic heterocycles. The van der Waals surface area contributed by atoms with Gasteiger partial charge in [0.2, 0.25) is 5.91 Å². The number of amides is 1. The molecule has 1 fully saturated rings. The molecule has 0 bridgehead atoms. The highest BCUT2D eigenvalue weighted by molar-refractivity contribution is 6.18. The fourth-order valence-corrected chi connectivity index (χ4v) is 7.78. The third-order valence-corrected chi connectivity index (χ3v) is 9.62. The van der Waals surface area contributed by atoms with E-state index in [1.165, 1.54) is 0 Å². The summed E-state index contributed by atoms with van der Waals surface area (Å²) in [6.07, 6.45) is 3.01. The van der Waals surface area contributed by atoms with E-state index >= 15 is 4.79 Å².